The van der Waals surface area contributed by atoms with E-state index in [-0.39, 0.29) is 11.5 Å². The number of nitrogens with one attached hydrogen (secondary N) is 1. The molecule has 2 aromatic carbocycles. The van der Waals surface area contributed by atoms with Crippen LogP contribution in [0, 0.1) is 6.57 Å². The Labute approximate surface area is 146 Å². The summed E-state index contributed by atoms with van der Waals surface area (Å²) in [5, 5.41) is 11.1. The maximum Gasteiger partial charge on any atom is 0.337 e. The number of hydrogen-bond acceptors (Lipinski definition) is 4. The number of nitrogen functional groups attached to an aromatic ring is 2. The third-order valence-electron chi connectivity index (χ3n) is 3.10. The van der Waals surface area contributed by atoms with Gasteiger partial charge in [0.2, 0.25) is 0 Å². The van der Waals surface area contributed by atoms with Gasteiger partial charge >= 0.3 is 11.6 Å². The average molecular weight is 340 g/mol. The molecule has 1 amide bonds. The van der Waals surface area contributed by atoms with Gasteiger partial charge in [0.15, 0.2) is 0 Å². The zero-order chi connectivity index (χ0) is 19.0. The van der Waals surface area contributed by atoms with E-state index >= 15 is 0 Å². The Morgan fingerprint density at radius 1 is 1.00 bits per heavy atom. The predicted molar refractivity (Wildman–Crippen MR) is 96.8 cm³/mol. The Morgan fingerprint density at radius 3 is 1.80 bits per heavy atom. The van der Waals surface area contributed by atoms with Crippen LogP contribution in [0.1, 0.15) is 34.6 Å². The number of amides is 1. The molecule has 0 saturated carbocycles. The number of nitrogens with zero attached hydrogens (tertiary/aromatic N) is 1. The van der Waals surface area contributed by atoms with E-state index in [0.29, 0.717) is 16.9 Å². The molecular formula is C18H20N4O3. The van der Waals surface area contributed by atoms with Crippen LogP contribution in [0.5, 0.6) is 0 Å². The largest absolute Gasteiger partial charge is 0.478 e. The number of nitrogens with two attached hydrogens (primary N) is 2. The summed E-state index contributed by atoms with van der Waals surface area (Å²) in [6, 6.07) is 13.1. The minimum absolute atomic E-state index is 0.155. The van der Waals surface area contributed by atoms with Crippen LogP contribution >= 0.6 is 0 Å². The van der Waals surface area contributed by atoms with Crippen LogP contribution in [0.4, 0.5) is 11.4 Å². The lowest BCUT2D eigenvalue weighted by molar-refractivity contribution is 0.0697. The fourth-order valence-electron chi connectivity index (χ4n) is 1.77. The van der Waals surface area contributed by atoms with E-state index in [0.717, 1.165) is 0 Å². The molecule has 0 aliphatic heterocycles. The normalized spacial score (nSPS) is 9.96. The number of carbonyl (C=O) groups is 2. The third-order valence-corrected chi connectivity index (χ3v) is 3.10. The Morgan fingerprint density at radius 2 is 1.44 bits per heavy atom. The lowest BCUT2D eigenvalue weighted by Gasteiger charge is -2.13. The van der Waals surface area contributed by atoms with Gasteiger partial charge < -0.3 is 16.6 Å². The average Bonchev–Trinajstić information content (AvgIpc) is 2.55. The highest BCUT2D eigenvalue weighted by molar-refractivity contribution is 5.99. The smallest absolute Gasteiger partial charge is 0.337 e. The zero-order valence-electron chi connectivity index (χ0n) is 14.0. The molecule has 2 aromatic rings. The van der Waals surface area contributed by atoms with Crippen LogP contribution in [-0.2, 0) is 0 Å². The fraction of sp³-hybridized carbons (Fsp3) is 0.167. The molecule has 0 aliphatic carbocycles. The second kappa shape index (κ2) is 8.36. The van der Waals surface area contributed by atoms with Crippen molar-refractivity contribution in [1.29, 1.82) is 0 Å². The first-order valence-electron chi connectivity index (χ1n) is 7.31. The minimum atomic E-state index is -0.988. The van der Waals surface area contributed by atoms with Crippen molar-refractivity contribution in [3.05, 3.63) is 71.1 Å². The van der Waals surface area contributed by atoms with Gasteiger partial charge in [0.05, 0.1) is 11.1 Å². The fourth-order valence-corrected chi connectivity index (χ4v) is 1.77. The molecule has 25 heavy (non-hydrogen) atoms. The molecular weight excluding hydrogens is 320 g/mol. The molecule has 0 saturated heterocycles. The van der Waals surface area contributed by atoms with E-state index in [9.17, 15) is 9.59 Å². The van der Waals surface area contributed by atoms with Gasteiger partial charge in [-0.15, -0.1) is 0 Å². The number of aromatic carboxylic acids is 1. The highest BCUT2D eigenvalue weighted by atomic mass is 16.4. The van der Waals surface area contributed by atoms with Crippen molar-refractivity contribution < 1.29 is 14.7 Å². The summed E-state index contributed by atoms with van der Waals surface area (Å²) < 4.78 is 0. The van der Waals surface area contributed by atoms with E-state index in [2.05, 4.69) is 10.2 Å². The minimum Gasteiger partial charge on any atom is -0.478 e. The molecule has 6 N–H and O–H groups in total. The number of carbonyl (C=O) groups excluding carboxylic acids is 1. The van der Waals surface area contributed by atoms with Gasteiger partial charge in [-0.1, -0.05) is 24.3 Å². The summed E-state index contributed by atoms with van der Waals surface area (Å²) in [4.78, 5) is 25.3. The Bertz CT molecular complexity index is 810. The van der Waals surface area contributed by atoms with Crippen LogP contribution in [0.15, 0.2) is 48.5 Å². The van der Waals surface area contributed by atoms with Crippen molar-refractivity contribution in [2.24, 2.45) is 0 Å². The number of rotatable bonds is 3. The highest BCUT2D eigenvalue weighted by Crippen LogP contribution is 2.12. The maximum absolute atomic E-state index is 11.7. The molecule has 0 heterocycles. The molecule has 0 radical (unpaired) electrons. The van der Waals surface area contributed by atoms with E-state index < -0.39 is 11.6 Å². The van der Waals surface area contributed by atoms with Crippen LogP contribution in [0.3, 0.4) is 0 Å². The third kappa shape index (κ3) is 5.88. The molecule has 0 unspecified atom stereocenters. The summed E-state index contributed by atoms with van der Waals surface area (Å²) in [7, 11) is 0. The molecule has 0 bridgehead atoms. The highest BCUT2D eigenvalue weighted by Gasteiger charge is 2.26. The monoisotopic (exact) mass is 340 g/mol. The van der Waals surface area contributed by atoms with Crippen LogP contribution in [0.25, 0.3) is 4.85 Å². The van der Waals surface area contributed by atoms with E-state index in [1.54, 1.807) is 56.3 Å². The van der Waals surface area contributed by atoms with Crippen molar-refractivity contribution in [3.8, 4) is 0 Å². The van der Waals surface area contributed by atoms with E-state index in [4.69, 9.17) is 23.1 Å². The van der Waals surface area contributed by atoms with Crippen LogP contribution < -0.4 is 16.8 Å². The number of hydrogen-bond donors (Lipinski definition) is 4. The Kier molecular flexibility index (Phi) is 6.52. The molecule has 0 atom stereocenters. The summed E-state index contributed by atoms with van der Waals surface area (Å²) in [6.45, 7) is 10.2. The SMILES string of the molecule is Nc1ccccc1C(=O)O.[C-]#[N+]C(C)(C)NC(=O)c1ccccc1N. The van der Waals surface area contributed by atoms with E-state index in [1.165, 1.54) is 6.07 Å². The number of para-hydroxylation sites is 2. The molecule has 0 fully saturated rings. The van der Waals surface area contributed by atoms with Gasteiger partial charge in [0.1, 0.15) is 0 Å². The van der Waals surface area contributed by atoms with E-state index in [1.807, 2.05) is 0 Å². The zero-order valence-corrected chi connectivity index (χ0v) is 14.0. The van der Waals surface area contributed by atoms with Crippen molar-refractivity contribution >= 4 is 23.3 Å². The maximum atomic E-state index is 11.7. The molecule has 0 aliphatic rings. The molecule has 7 heteroatoms. The number of carboxylic acid groups (broad SMARTS) is 1. The second-order valence-corrected chi connectivity index (χ2v) is 5.60. The Hall–Kier alpha value is -3.53. The van der Waals surface area contributed by atoms with Crippen LogP contribution in [0.2, 0.25) is 0 Å². The summed E-state index contributed by atoms with van der Waals surface area (Å²) in [5.41, 5.74) is 11.3. The lowest BCUT2D eigenvalue weighted by atomic mass is 10.1. The summed E-state index contributed by atoms with van der Waals surface area (Å²) >= 11 is 0. The van der Waals surface area contributed by atoms with Gasteiger partial charge in [-0.2, -0.15) is 0 Å². The number of anilines is 2. The van der Waals surface area contributed by atoms with Crippen molar-refractivity contribution in [2.75, 3.05) is 11.5 Å². The number of carboxylic acids is 1. The van der Waals surface area contributed by atoms with Gasteiger partial charge in [0.25, 0.3) is 5.91 Å². The summed E-state index contributed by atoms with van der Waals surface area (Å²) in [6.07, 6.45) is 0. The van der Waals surface area contributed by atoms with Crippen molar-refractivity contribution in [1.82, 2.24) is 5.32 Å². The van der Waals surface area contributed by atoms with Gasteiger partial charge in [-0.3, -0.25) is 15.0 Å². The lowest BCUT2D eigenvalue weighted by Crippen LogP contribution is -2.40. The molecule has 130 valence electrons. The quantitative estimate of drug-likeness (QED) is 0.505. The standard InChI is InChI=1S/C11H13N3O.C7H7NO2/c1-11(2,13-3)14-10(15)8-6-4-5-7-9(8)12;8-6-4-2-1-3-5(6)7(9)10/h4-7H,12H2,1-2H3,(H,14,15);1-4H,8H2,(H,9,10). The number of benzene rings is 2. The predicted octanol–water partition coefficient (Wildman–Crippen LogP) is 2.62. The van der Waals surface area contributed by atoms with Gasteiger partial charge in [-0.05, 0) is 24.3 Å². The molecule has 2 rings (SSSR count). The first-order chi connectivity index (χ1) is 11.7. The molecule has 7 nitrogen and oxygen atoms in total. The van der Waals surface area contributed by atoms with Crippen molar-refractivity contribution in [3.63, 3.8) is 0 Å². The molecule has 0 aromatic heterocycles. The van der Waals surface area contributed by atoms with Gasteiger partial charge in [-0.25, -0.2) is 11.4 Å². The van der Waals surface area contributed by atoms with Crippen molar-refractivity contribution in [2.45, 2.75) is 19.5 Å². The topological polar surface area (TPSA) is 123 Å². The Balaban J connectivity index is 0.000000271. The van der Waals surface area contributed by atoms with Gasteiger partial charge in [0, 0.05) is 25.2 Å². The molecule has 0 spiro atoms. The first kappa shape index (κ1) is 19.5. The second-order valence-electron chi connectivity index (χ2n) is 5.60. The first-order valence-corrected chi connectivity index (χ1v) is 7.31. The van der Waals surface area contributed by atoms with Crippen LogP contribution in [-0.4, -0.2) is 22.6 Å². The summed E-state index contributed by atoms with van der Waals surface area (Å²) in [5.74, 6) is -1.31.